The molecule has 5 rings (SSSR count). The van der Waals surface area contributed by atoms with Crippen LogP contribution < -0.4 is 10.2 Å². The number of rotatable bonds is 4. The van der Waals surface area contributed by atoms with Crippen LogP contribution >= 0.6 is 0 Å². The van der Waals surface area contributed by atoms with E-state index >= 15 is 0 Å². The third kappa shape index (κ3) is 2.78. The topological polar surface area (TPSA) is 107 Å². The van der Waals surface area contributed by atoms with E-state index in [4.69, 9.17) is 4.98 Å². The normalized spacial score (nSPS) is 18.4. The van der Waals surface area contributed by atoms with E-state index < -0.39 is 0 Å². The zero-order chi connectivity index (χ0) is 20.8. The van der Waals surface area contributed by atoms with Gasteiger partial charge in [0.2, 0.25) is 5.95 Å². The fraction of sp³-hybridized carbons (Fsp3) is 0.500. The summed E-state index contributed by atoms with van der Waals surface area (Å²) >= 11 is 0. The zero-order valence-corrected chi connectivity index (χ0v) is 17.4. The number of nitrogens with one attached hydrogen (secondary N) is 1. The first kappa shape index (κ1) is 18.7. The van der Waals surface area contributed by atoms with Crippen LogP contribution in [0.15, 0.2) is 18.7 Å². The number of hydrogen-bond donors (Lipinski definition) is 1. The molecule has 1 aliphatic heterocycles. The molecule has 0 radical (unpaired) electrons. The van der Waals surface area contributed by atoms with E-state index in [9.17, 15) is 4.79 Å². The molecule has 156 valence electrons. The molecule has 0 saturated heterocycles. The van der Waals surface area contributed by atoms with Crippen molar-refractivity contribution < 1.29 is 4.79 Å². The summed E-state index contributed by atoms with van der Waals surface area (Å²) in [5, 5.41) is 11.4. The first-order chi connectivity index (χ1) is 14.6. The van der Waals surface area contributed by atoms with Gasteiger partial charge < -0.3 is 10.2 Å². The molecule has 30 heavy (non-hydrogen) atoms. The van der Waals surface area contributed by atoms with Gasteiger partial charge in [-0.2, -0.15) is 4.98 Å². The van der Waals surface area contributed by atoms with E-state index in [0.29, 0.717) is 17.7 Å². The van der Waals surface area contributed by atoms with Crippen LogP contribution in [0.3, 0.4) is 0 Å². The van der Waals surface area contributed by atoms with Crippen LogP contribution in [0.25, 0.3) is 11.6 Å². The van der Waals surface area contributed by atoms with E-state index in [1.165, 1.54) is 12.8 Å². The fourth-order valence-corrected chi connectivity index (χ4v) is 4.66. The molecule has 10 nitrogen and oxygen atoms in total. The van der Waals surface area contributed by atoms with Gasteiger partial charge in [-0.05, 0) is 26.2 Å². The summed E-state index contributed by atoms with van der Waals surface area (Å²) in [5.74, 6) is 2.93. The summed E-state index contributed by atoms with van der Waals surface area (Å²) in [6, 6.07) is 0.542. The molecule has 3 aromatic rings. The van der Waals surface area contributed by atoms with Gasteiger partial charge in [0.15, 0.2) is 11.6 Å². The lowest BCUT2D eigenvalue weighted by Crippen LogP contribution is -2.42. The largest absolute Gasteiger partial charge is 0.354 e. The Morgan fingerprint density at radius 3 is 2.77 bits per heavy atom. The number of amides is 1. The number of anilines is 1. The summed E-state index contributed by atoms with van der Waals surface area (Å²) in [6.45, 7) is 4.14. The molecule has 1 unspecified atom stereocenters. The van der Waals surface area contributed by atoms with Crippen molar-refractivity contribution in [1.29, 1.82) is 0 Å². The molecule has 1 fully saturated rings. The predicted molar refractivity (Wildman–Crippen MR) is 110 cm³/mol. The van der Waals surface area contributed by atoms with Gasteiger partial charge in [-0.3, -0.25) is 13.9 Å². The maximum atomic E-state index is 11.9. The third-order valence-electron chi connectivity index (χ3n) is 6.08. The predicted octanol–water partition coefficient (Wildman–Crippen LogP) is 2.12. The average Bonchev–Trinajstić information content (AvgIpc) is 3.53. The van der Waals surface area contributed by atoms with Gasteiger partial charge >= 0.3 is 0 Å². The van der Waals surface area contributed by atoms with Crippen LogP contribution in [-0.2, 0) is 0 Å². The second-order valence-electron chi connectivity index (χ2n) is 7.83. The summed E-state index contributed by atoms with van der Waals surface area (Å²) in [7, 11) is 1.58. The van der Waals surface area contributed by atoms with Crippen molar-refractivity contribution in [3.63, 3.8) is 0 Å². The Morgan fingerprint density at radius 2 is 2.03 bits per heavy atom. The molecule has 1 N–H and O–H groups in total. The highest BCUT2D eigenvalue weighted by atomic mass is 16.1. The fourth-order valence-electron chi connectivity index (χ4n) is 4.66. The number of nitrogens with zero attached hydrogens (tertiary/aromatic N) is 8. The Kier molecular flexibility index (Phi) is 4.48. The summed E-state index contributed by atoms with van der Waals surface area (Å²) in [4.78, 5) is 28.0. The van der Waals surface area contributed by atoms with Crippen molar-refractivity contribution >= 4 is 11.7 Å². The summed E-state index contributed by atoms with van der Waals surface area (Å²) in [5.41, 5.74) is 1.23. The Balaban J connectivity index is 1.65. The third-order valence-corrected chi connectivity index (χ3v) is 6.08. The number of carbonyl (C=O) groups excluding carboxylic acids is 1. The van der Waals surface area contributed by atoms with E-state index in [1.807, 2.05) is 13.1 Å². The minimum absolute atomic E-state index is 0.119. The smallest absolute Gasteiger partial charge is 0.271 e. The van der Waals surface area contributed by atoms with Crippen molar-refractivity contribution in [3.8, 4) is 11.6 Å². The monoisotopic (exact) mass is 407 g/mol. The number of imidazole rings is 1. The first-order valence-electron chi connectivity index (χ1n) is 10.5. The quantitative estimate of drug-likeness (QED) is 0.706. The Morgan fingerprint density at radius 1 is 1.23 bits per heavy atom. The van der Waals surface area contributed by atoms with Crippen molar-refractivity contribution in [2.24, 2.45) is 0 Å². The average molecular weight is 407 g/mol. The molecule has 0 bridgehead atoms. The molecule has 1 amide bonds. The zero-order valence-electron chi connectivity index (χ0n) is 17.4. The molecule has 0 aromatic carbocycles. The first-order valence-corrected chi connectivity index (χ1v) is 10.5. The number of carbonyl (C=O) groups is 1. The second-order valence-corrected chi connectivity index (χ2v) is 7.83. The Hall–Kier alpha value is -3.30. The van der Waals surface area contributed by atoms with Crippen molar-refractivity contribution in [2.75, 3.05) is 11.9 Å². The SMILES string of the molecule is CCC1c2nnc(C)n2-c2cnc(-n3cnc(C(=O)NC)c3)nc2N1C1CCCC1. The van der Waals surface area contributed by atoms with Crippen LogP contribution in [-0.4, -0.2) is 53.3 Å². The van der Waals surface area contributed by atoms with Crippen molar-refractivity contribution in [1.82, 2.24) is 39.6 Å². The van der Waals surface area contributed by atoms with Gasteiger partial charge in [0.25, 0.3) is 5.91 Å². The van der Waals surface area contributed by atoms with Gasteiger partial charge in [-0.1, -0.05) is 19.8 Å². The molecular formula is C20H25N9O. The van der Waals surface area contributed by atoms with Gasteiger partial charge in [-0.25, -0.2) is 9.97 Å². The van der Waals surface area contributed by atoms with Crippen LogP contribution in [0.2, 0.25) is 0 Å². The highest BCUT2D eigenvalue weighted by molar-refractivity contribution is 5.91. The number of hydrogen-bond acceptors (Lipinski definition) is 7. The van der Waals surface area contributed by atoms with Crippen molar-refractivity contribution in [2.45, 2.75) is 58.0 Å². The molecule has 1 atom stereocenters. The lowest BCUT2D eigenvalue weighted by molar-refractivity contribution is 0.0958. The number of aromatic nitrogens is 7. The van der Waals surface area contributed by atoms with Gasteiger partial charge in [0, 0.05) is 19.3 Å². The van der Waals surface area contributed by atoms with E-state index in [2.05, 4.69) is 41.9 Å². The highest BCUT2D eigenvalue weighted by Gasteiger charge is 2.39. The molecule has 1 saturated carbocycles. The highest BCUT2D eigenvalue weighted by Crippen LogP contribution is 2.43. The van der Waals surface area contributed by atoms with Crippen LogP contribution in [0.1, 0.15) is 67.2 Å². The van der Waals surface area contributed by atoms with E-state index in [-0.39, 0.29) is 11.9 Å². The maximum absolute atomic E-state index is 11.9. The molecule has 3 aromatic heterocycles. The van der Waals surface area contributed by atoms with Gasteiger partial charge in [0.05, 0.1) is 12.2 Å². The lowest BCUT2D eigenvalue weighted by atomic mass is 10.0. The minimum atomic E-state index is -0.241. The molecule has 2 aliphatic rings. The second kappa shape index (κ2) is 7.19. The van der Waals surface area contributed by atoms with Crippen LogP contribution in [0, 0.1) is 6.92 Å². The van der Waals surface area contributed by atoms with E-state index in [1.54, 1.807) is 24.1 Å². The number of fused-ring (bicyclic) bond motifs is 3. The molecule has 1 aliphatic carbocycles. The van der Waals surface area contributed by atoms with Crippen molar-refractivity contribution in [3.05, 3.63) is 36.1 Å². The molecular weight excluding hydrogens is 382 g/mol. The van der Waals surface area contributed by atoms with Crippen LogP contribution in [0.4, 0.5) is 5.82 Å². The van der Waals surface area contributed by atoms with Crippen LogP contribution in [0.5, 0.6) is 0 Å². The molecule has 0 spiro atoms. The van der Waals surface area contributed by atoms with Gasteiger partial charge in [0.1, 0.15) is 23.5 Å². The van der Waals surface area contributed by atoms with E-state index in [0.717, 1.165) is 42.4 Å². The summed E-state index contributed by atoms with van der Waals surface area (Å²) < 4.78 is 3.76. The summed E-state index contributed by atoms with van der Waals surface area (Å²) in [6.07, 6.45) is 10.7. The van der Waals surface area contributed by atoms with Gasteiger partial charge in [-0.15, -0.1) is 10.2 Å². The maximum Gasteiger partial charge on any atom is 0.271 e. The lowest BCUT2D eigenvalue weighted by Gasteiger charge is -2.41. The molecule has 10 heteroatoms. The Labute approximate surface area is 174 Å². The number of aryl methyl sites for hydroxylation is 1. The molecule has 4 heterocycles. The Bertz CT molecular complexity index is 1100. The minimum Gasteiger partial charge on any atom is -0.354 e. The standard InChI is InChI=1S/C20H25N9O/c1-4-15-18-26-25-12(2)28(18)16-9-22-20(27-10-14(23-11-27)19(30)21-3)24-17(16)29(15)13-7-5-6-8-13/h9-11,13,15H,4-8H2,1-3H3,(H,21,30).